The van der Waals surface area contributed by atoms with Crippen molar-refractivity contribution in [2.75, 3.05) is 11.9 Å². The molecule has 32 heavy (non-hydrogen) atoms. The predicted molar refractivity (Wildman–Crippen MR) is 123 cm³/mol. The van der Waals surface area contributed by atoms with Gasteiger partial charge in [0.25, 0.3) is 0 Å². The lowest BCUT2D eigenvalue weighted by Gasteiger charge is -2.49. The van der Waals surface area contributed by atoms with Crippen LogP contribution in [0.5, 0.6) is 0 Å². The average Bonchev–Trinajstić information content (AvgIpc) is 3.33. The van der Waals surface area contributed by atoms with Gasteiger partial charge >= 0.3 is 5.97 Å². The van der Waals surface area contributed by atoms with E-state index in [1.165, 1.54) is 22.5 Å². The molecule has 2 N–H and O–H groups in total. The summed E-state index contributed by atoms with van der Waals surface area (Å²) in [5.74, 6) is 0.946. The van der Waals surface area contributed by atoms with Crippen LogP contribution < -0.4 is 5.32 Å². The number of aromatic carboxylic acids is 1. The SMILES string of the molecule is Cc1cnc(NC(=O)CC[C@@H]2CO[C@@]3(C)CC[C@@H]4c5ccc(C(=O)O)cc5CC[C@H]4[C@H]23)s1. The molecule has 1 saturated carbocycles. The van der Waals surface area contributed by atoms with Gasteiger partial charge in [-0.2, -0.15) is 0 Å². The van der Waals surface area contributed by atoms with Gasteiger partial charge in [-0.25, -0.2) is 9.78 Å². The minimum Gasteiger partial charge on any atom is -0.478 e. The number of amides is 1. The Morgan fingerprint density at radius 2 is 2.19 bits per heavy atom. The molecule has 6 nitrogen and oxygen atoms in total. The average molecular weight is 455 g/mol. The fourth-order valence-corrected chi connectivity index (χ4v) is 7.20. The lowest BCUT2D eigenvalue weighted by molar-refractivity contribution is -0.116. The summed E-state index contributed by atoms with van der Waals surface area (Å²) in [4.78, 5) is 29.2. The second-order valence-electron chi connectivity index (χ2n) is 9.84. The number of rotatable bonds is 5. The van der Waals surface area contributed by atoms with Crippen LogP contribution in [-0.2, 0) is 16.0 Å². The number of nitrogens with one attached hydrogen (secondary N) is 1. The van der Waals surface area contributed by atoms with Crippen LogP contribution in [0.2, 0.25) is 0 Å². The number of aryl methyl sites for hydroxylation is 2. The van der Waals surface area contributed by atoms with E-state index in [2.05, 4.69) is 17.2 Å². The van der Waals surface area contributed by atoms with Gasteiger partial charge < -0.3 is 15.2 Å². The van der Waals surface area contributed by atoms with Crippen molar-refractivity contribution in [3.05, 3.63) is 46.0 Å². The van der Waals surface area contributed by atoms with Crippen LogP contribution in [0.4, 0.5) is 5.13 Å². The number of aromatic nitrogens is 1. The zero-order valence-corrected chi connectivity index (χ0v) is 19.4. The summed E-state index contributed by atoms with van der Waals surface area (Å²) in [5.41, 5.74) is 2.79. The number of fused-ring (bicyclic) bond motifs is 5. The Kier molecular flexibility index (Phi) is 5.58. The smallest absolute Gasteiger partial charge is 0.335 e. The lowest BCUT2D eigenvalue weighted by atomic mass is 9.56. The Hall–Kier alpha value is -2.25. The van der Waals surface area contributed by atoms with Crippen LogP contribution in [0.15, 0.2) is 24.4 Å². The van der Waals surface area contributed by atoms with E-state index in [9.17, 15) is 14.7 Å². The first-order valence-electron chi connectivity index (χ1n) is 11.6. The third-order valence-corrected chi connectivity index (χ3v) is 8.74. The Morgan fingerprint density at radius 3 is 2.94 bits per heavy atom. The van der Waals surface area contributed by atoms with Crippen LogP contribution in [0, 0.1) is 24.7 Å². The van der Waals surface area contributed by atoms with Crippen molar-refractivity contribution in [2.45, 2.75) is 63.9 Å². The predicted octanol–water partition coefficient (Wildman–Crippen LogP) is 5.03. The first-order valence-corrected chi connectivity index (χ1v) is 12.4. The molecule has 1 aromatic carbocycles. The highest BCUT2D eigenvalue weighted by atomic mass is 32.1. The molecule has 3 aliphatic rings. The van der Waals surface area contributed by atoms with Gasteiger partial charge in [-0.05, 0) is 92.9 Å². The number of carbonyl (C=O) groups is 2. The molecule has 5 atom stereocenters. The summed E-state index contributed by atoms with van der Waals surface area (Å²) in [7, 11) is 0. The van der Waals surface area contributed by atoms with E-state index in [0.717, 1.165) is 43.6 Å². The van der Waals surface area contributed by atoms with Gasteiger partial charge in [0.2, 0.25) is 5.91 Å². The van der Waals surface area contributed by atoms with Crippen molar-refractivity contribution in [1.82, 2.24) is 4.98 Å². The summed E-state index contributed by atoms with van der Waals surface area (Å²) < 4.78 is 6.38. The van der Waals surface area contributed by atoms with Gasteiger partial charge in [0.15, 0.2) is 5.13 Å². The van der Waals surface area contributed by atoms with Crippen molar-refractivity contribution in [1.29, 1.82) is 0 Å². The van der Waals surface area contributed by atoms with Gasteiger partial charge in [-0.3, -0.25) is 4.79 Å². The largest absolute Gasteiger partial charge is 0.478 e. The molecule has 0 unspecified atom stereocenters. The summed E-state index contributed by atoms with van der Waals surface area (Å²) in [5, 5.41) is 13.0. The zero-order valence-electron chi connectivity index (χ0n) is 18.6. The molecular formula is C25H30N2O4S. The summed E-state index contributed by atoms with van der Waals surface area (Å²) in [6.45, 7) is 4.96. The van der Waals surface area contributed by atoms with E-state index in [-0.39, 0.29) is 11.5 Å². The standard InChI is InChI=1S/C25H30N2O4S/c1-14-12-26-24(32-14)27-21(28)8-5-17-13-31-25(2)10-9-19-18-6-4-16(23(29)30)11-15(18)3-7-20(19)22(17)25/h4,6,11-12,17,19-20,22H,3,5,7-10,13H2,1-2H3,(H,29,30)(H,26,27,28)/t17-,19-,20-,22+,25+/m1/s1. The Balaban J connectivity index is 1.30. The van der Waals surface area contributed by atoms with Gasteiger partial charge in [0.05, 0.1) is 17.8 Å². The van der Waals surface area contributed by atoms with E-state index < -0.39 is 5.97 Å². The van der Waals surface area contributed by atoms with Crippen LogP contribution in [-0.4, -0.2) is 34.2 Å². The van der Waals surface area contributed by atoms with Crippen molar-refractivity contribution in [3.63, 3.8) is 0 Å². The molecule has 0 bridgehead atoms. The van der Waals surface area contributed by atoms with Gasteiger partial charge in [0.1, 0.15) is 0 Å². The van der Waals surface area contributed by atoms with Crippen molar-refractivity contribution < 1.29 is 19.4 Å². The molecule has 170 valence electrons. The molecule has 1 aliphatic heterocycles. The molecule has 1 amide bonds. The highest BCUT2D eigenvalue weighted by Crippen LogP contribution is 2.58. The molecular weight excluding hydrogens is 424 g/mol. The molecule has 0 radical (unpaired) electrons. The minimum absolute atomic E-state index is 0.0236. The number of nitrogens with zero attached hydrogens (tertiary/aromatic N) is 1. The van der Waals surface area contributed by atoms with Crippen LogP contribution in [0.3, 0.4) is 0 Å². The number of carbonyl (C=O) groups excluding carboxylic acids is 1. The zero-order chi connectivity index (χ0) is 22.5. The highest BCUT2D eigenvalue weighted by molar-refractivity contribution is 7.15. The third-order valence-electron chi connectivity index (χ3n) is 7.92. The summed E-state index contributed by atoms with van der Waals surface area (Å²) in [6, 6.07) is 5.67. The number of benzene rings is 1. The molecule has 7 heteroatoms. The van der Waals surface area contributed by atoms with Gasteiger partial charge in [-0.15, -0.1) is 11.3 Å². The van der Waals surface area contributed by atoms with Crippen molar-refractivity contribution >= 4 is 28.3 Å². The summed E-state index contributed by atoms with van der Waals surface area (Å²) in [6.07, 6.45) is 7.15. The van der Waals surface area contributed by atoms with E-state index >= 15 is 0 Å². The third kappa shape index (κ3) is 3.86. The molecule has 2 aromatic rings. The highest BCUT2D eigenvalue weighted by Gasteiger charge is 2.55. The molecule has 2 fully saturated rings. The van der Waals surface area contributed by atoms with Crippen LogP contribution in [0.1, 0.15) is 71.3 Å². The first kappa shape index (κ1) is 21.6. The Labute approximate surface area is 192 Å². The van der Waals surface area contributed by atoms with Gasteiger partial charge in [0, 0.05) is 17.5 Å². The lowest BCUT2D eigenvalue weighted by Crippen LogP contribution is -2.46. The van der Waals surface area contributed by atoms with E-state index in [4.69, 9.17) is 4.74 Å². The van der Waals surface area contributed by atoms with Crippen LogP contribution in [0.25, 0.3) is 0 Å². The summed E-state index contributed by atoms with van der Waals surface area (Å²) >= 11 is 1.50. The quantitative estimate of drug-likeness (QED) is 0.662. The Bertz CT molecular complexity index is 1050. The number of thiazole rings is 1. The normalized spacial score (nSPS) is 30.8. The minimum atomic E-state index is -0.860. The number of carboxylic acid groups (broad SMARTS) is 1. The second-order valence-corrected chi connectivity index (χ2v) is 11.1. The molecule has 1 saturated heterocycles. The number of carboxylic acids is 1. The van der Waals surface area contributed by atoms with E-state index in [1.54, 1.807) is 12.3 Å². The molecule has 1 aromatic heterocycles. The number of anilines is 1. The number of ether oxygens (including phenoxy) is 1. The topological polar surface area (TPSA) is 88.5 Å². The van der Waals surface area contributed by atoms with Gasteiger partial charge in [-0.1, -0.05) is 6.07 Å². The van der Waals surface area contributed by atoms with E-state index in [0.29, 0.717) is 40.8 Å². The fourth-order valence-electron chi connectivity index (χ4n) is 6.52. The monoisotopic (exact) mass is 454 g/mol. The first-order chi connectivity index (χ1) is 15.3. The fraction of sp³-hybridized carbons (Fsp3) is 0.560. The second kappa shape index (κ2) is 8.27. The molecule has 0 spiro atoms. The number of hydrogen-bond donors (Lipinski definition) is 2. The Morgan fingerprint density at radius 1 is 1.34 bits per heavy atom. The molecule has 2 aliphatic carbocycles. The van der Waals surface area contributed by atoms with Crippen molar-refractivity contribution in [2.24, 2.45) is 17.8 Å². The molecule has 2 heterocycles. The molecule has 5 rings (SSSR count). The van der Waals surface area contributed by atoms with Crippen molar-refractivity contribution in [3.8, 4) is 0 Å². The van der Waals surface area contributed by atoms with Crippen LogP contribution >= 0.6 is 11.3 Å². The maximum atomic E-state index is 12.5. The maximum Gasteiger partial charge on any atom is 0.335 e. The number of hydrogen-bond acceptors (Lipinski definition) is 5. The maximum absolute atomic E-state index is 12.5. The van der Waals surface area contributed by atoms with E-state index in [1.807, 2.05) is 19.1 Å².